The number of sulfonamides is 1. The molecular weight excluding hydrogens is 401 g/mol. The van der Waals surface area contributed by atoms with Crippen molar-refractivity contribution in [3.63, 3.8) is 0 Å². The number of amides is 1. The topological polar surface area (TPSA) is 54.5 Å². The zero-order chi connectivity index (χ0) is 18.4. The number of aryl methyl sites for hydroxylation is 1. The van der Waals surface area contributed by atoms with Crippen molar-refractivity contribution in [2.45, 2.75) is 18.7 Å². The number of nitrogens with zero attached hydrogens (tertiary/aromatic N) is 1. The van der Waals surface area contributed by atoms with E-state index in [0.717, 1.165) is 14.3 Å². The molecular formula is C19H21NO3SSe. The van der Waals surface area contributed by atoms with Crippen LogP contribution in [0.3, 0.4) is 0 Å². The Bertz CT molecular complexity index is 833. The molecule has 0 aliphatic heterocycles. The predicted molar refractivity (Wildman–Crippen MR) is 102 cm³/mol. The Kier molecular flexibility index (Phi) is 6.59. The van der Waals surface area contributed by atoms with E-state index < -0.39 is 25.0 Å². The zero-order valence-corrected chi connectivity index (χ0v) is 16.8. The van der Waals surface area contributed by atoms with Crippen molar-refractivity contribution < 1.29 is 13.2 Å². The van der Waals surface area contributed by atoms with Gasteiger partial charge in [0.1, 0.15) is 0 Å². The van der Waals surface area contributed by atoms with Crippen molar-refractivity contribution in [1.82, 2.24) is 4.31 Å². The molecule has 4 nitrogen and oxygen atoms in total. The van der Waals surface area contributed by atoms with Crippen LogP contribution in [0.25, 0.3) is 0 Å². The summed E-state index contributed by atoms with van der Waals surface area (Å²) in [7, 11) is -3.89. The van der Waals surface area contributed by atoms with E-state index in [-0.39, 0.29) is 22.2 Å². The van der Waals surface area contributed by atoms with E-state index in [2.05, 4.69) is 6.58 Å². The van der Waals surface area contributed by atoms with Gasteiger partial charge in [-0.15, -0.1) is 0 Å². The first-order valence-corrected chi connectivity index (χ1v) is 11.0. The maximum atomic E-state index is 13.0. The van der Waals surface area contributed by atoms with Gasteiger partial charge in [-0.25, -0.2) is 0 Å². The quantitative estimate of drug-likeness (QED) is 0.509. The van der Waals surface area contributed by atoms with E-state index >= 15 is 0 Å². The average Bonchev–Trinajstić information content (AvgIpc) is 2.60. The molecule has 2 aromatic rings. The molecule has 0 saturated heterocycles. The maximum absolute atomic E-state index is 13.0. The summed E-state index contributed by atoms with van der Waals surface area (Å²) in [6.45, 7) is 7.51. The van der Waals surface area contributed by atoms with Gasteiger partial charge < -0.3 is 0 Å². The van der Waals surface area contributed by atoms with Gasteiger partial charge in [0.15, 0.2) is 0 Å². The van der Waals surface area contributed by atoms with Gasteiger partial charge in [0.25, 0.3) is 0 Å². The molecule has 0 radical (unpaired) electrons. The second kappa shape index (κ2) is 8.47. The third kappa shape index (κ3) is 5.05. The minimum absolute atomic E-state index is 0.0904. The summed E-state index contributed by atoms with van der Waals surface area (Å²) < 4.78 is 27.9. The van der Waals surface area contributed by atoms with Gasteiger partial charge in [-0.05, 0) is 0 Å². The molecule has 0 fully saturated rings. The van der Waals surface area contributed by atoms with Crippen molar-refractivity contribution in [2.24, 2.45) is 5.92 Å². The third-order valence-electron chi connectivity index (χ3n) is 3.62. The van der Waals surface area contributed by atoms with Crippen molar-refractivity contribution >= 4 is 34.2 Å². The van der Waals surface area contributed by atoms with Crippen LogP contribution >= 0.6 is 0 Å². The van der Waals surface area contributed by atoms with Crippen LogP contribution in [0.5, 0.6) is 0 Å². The number of carbonyl (C=O) groups is 1. The molecule has 2 aromatic carbocycles. The Labute approximate surface area is 155 Å². The molecule has 0 saturated carbocycles. The third-order valence-corrected chi connectivity index (χ3v) is 7.54. The Morgan fingerprint density at radius 2 is 1.76 bits per heavy atom. The molecule has 0 spiro atoms. The fourth-order valence-corrected chi connectivity index (χ4v) is 5.67. The first kappa shape index (κ1) is 19.4. The van der Waals surface area contributed by atoms with Gasteiger partial charge in [-0.1, -0.05) is 0 Å². The SMILES string of the molecule is C=CC(C)CN(C(=O)[Se]c1ccccc1)S(=O)(=O)c1ccc(C)cc1. The molecule has 0 aromatic heterocycles. The van der Waals surface area contributed by atoms with E-state index in [4.69, 9.17) is 0 Å². The zero-order valence-electron chi connectivity index (χ0n) is 14.3. The van der Waals surface area contributed by atoms with E-state index in [1.54, 1.807) is 30.3 Å². The van der Waals surface area contributed by atoms with E-state index in [0.29, 0.717) is 0 Å². The van der Waals surface area contributed by atoms with Gasteiger partial charge in [0, 0.05) is 0 Å². The van der Waals surface area contributed by atoms with Crippen LogP contribution in [0.4, 0.5) is 4.79 Å². The molecule has 2 rings (SSSR count). The fourth-order valence-electron chi connectivity index (χ4n) is 2.08. The Morgan fingerprint density at radius 1 is 1.16 bits per heavy atom. The summed E-state index contributed by atoms with van der Waals surface area (Å²) in [5.41, 5.74) is 0.963. The van der Waals surface area contributed by atoms with Gasteiger partial charge >= 0.3 is 156 Å². The molecule has 0 aliphatic rings. The predicted octanol–water partition coefficient (Wildman–Crippen LogP) is 2.96. The molecule has 25 heavy (non-hydrogen) atoms. The Morgan fingerprint density at radius 3 is 2.32 bits per heavy atom. The molecule has 0 heterocycles. The molecule has 1 atom stereocenters. The molecule has 0 bridgehead atoms. The molecule has 0 aliphatic carbocycles. The Hall–Kier alpha value is -1.88. The molecule has 0 N–H and O–H groups in total. The van der Waals surface area contributed by atoms with Gasteiger partial charge in [0.05, 0.1) is 0 Å². The van der Waals surface area contributed by atoms with Crippen LogP contribution in [0.15, 0.2) is 72.1 Å². The number of benzene rings is 2. The van der Waals surface area contributed by atoms with Crippen LogP contribution < -0.4 is 4.46 Å². The number of carbonyl (C=O) groups excluding carboxylic acids is 1. The average molecular weight is 422 g/mol. The molecule has 6 heteroatoms. The second-order valence-electron chi connectivity index (χ2n) is 5.74. The summed E-state index contributed by atoms with van der Waals surface area (Å²) >= 11 is -0.611. The second-order valence-corrected chi connectivity index (χ2v) is 9.76. The van der Waals surface area contributed by atoms with Crippen LogP contribution in [-0.2, 0) is 10.0 Å². The van der Waals surface area contributed by atoms with Crippen LogP contribution in [0, 0.1) is 12.8 Å². The van der Waals surface area contributed by atoms with Crippen molar-refractivity contribution in [2.75, 3.05) is 6.54 Å². The Balaban J connectivity index is 2.35. The molecule has 1 unspecified atom stereocenters. The van der Waals surface area contributed by atoms with E-state index in [1.165, 1.54) is 0 Å². The van der Waals surface area contributed by atoms with E-state index in [1.807, 2.05) is 44.2 Å². The van der Waals surface area contributed by atoms with E-state index in [9.17, 15) is 13.2 Å². The van der Waals surface area contributed by atoms with Crippen molar-refractivity contribution in [3.05, 3.63) is 72.8 Å². The van der Waals surface area contributed by atoms with Crippen LogP contribution in [0.2, 0.25) is 0 Å². The molecule has 132 valence electrons. The fraction of sp³-hybridized carbons (Fsp3) is 0.211. The summed E-state index contributed by atoms with van der Waals surface area (Å²) in [5, 5.41) is 0. The minimum atomic E-state index is -3.89. The first-order valence-electron chi connectivity index (χ1n) is 7.83. The standard InChI is InChI=1S/C19H21NO3SSe/c1-4-15(2)14-20(19(21)25-18-8-6-5-7-9-18)24(22,23)17-12-10-16(3)11-13-17/h4-13,15H,1,14H2,2-3H3. The van der Waals surface area contributed by atoms with Crippen molar-refractivity contribution in [3.8, 4) is 0 Å². The van der Waals surface area contributed by atoms with Gasteiger partial charge in [-0.3, -0.25) is 0 Å². The van der Waals surface area contributed by atoms with Crippen LogP contribution in [0.1, 0.15) is 12.5 Å². The monoisotopic (exact) mass is 423 g/mol. The van der Waals surface area contributed by atoms with Gasteiger partial charge in [0.2, 0.25) is 0 Å². The summed E-state index contributed by atoms with van der Waals surface area (Å²) in [6, 6.07) is 15.8. The van der Waals surface area contributed by atoms with Crippen LogP contribution in [-0.4, -0.2) is 39.0 Å². The number of hydrogen-bond acceptors (Lipinski definition) is 3. The number of rotatable bonds is 7. The number of hydrogen-bond donors (Lipinski definition) is 0. The summed E-state index contributed by atoms with van der Waals surface area (Å²) in [4.78, 5) is 12.5. The molecule has 1 amide bonds. The first-order chi connectivity index (χ1) is 11.8. The van der Waals surface area contributed by atoms with Crippen molar-refractivity contribution in [1.29, 1.82) is 0 Å². The summed E-state index contributed by atoms with van der Waals surface area (Å²) in [6.07, 6.45) is 1.65. The summed E-state index contributed by atoms with van der Waals surface area (Å²) in [5.74, 6) is -0.129. The van der Waals surface area contributed by atoms with Gasteiger partial charge in [-0.2, -0.15) is 0 Å². The normalized spacial score (nSPS) is 12.4.